The molecule has 1 aliphatic rings. The number of esters is 2. The van der Waals surface area contributed by atoms with Crippen LogP contribution in [-0.4, -0.2) is 37.3 Å². The molecule has 11 heteroatoms. The summed E-state index contributed by atoms with van der Waals surface area (Å²) < 4.78 is 24.3. The maximum absolute atomic E-state index is 14.2. The number of rotatable bonds is 7. The number of hydrogen-bond acceptors (Lipinski definition) is 9. The summed E-state index contributed by atoms with van der Waals surface area (Å²) in [7, 11) is 3.02. The molecule has 0 spiro atoms. The van der Waals surface area contributed by atoms with Crippen molar-refractivity contribution in [2.75, 3.05) is 20.8 Å². The third-order valence-electron chi connectivity index (χ3n) is 6.74. The zero-order chi connectivity index (χ0) is 30.1. The van der Waals surface area contributed by atoms with Crippen molar-refractivity contribution in [1.82, 2.24) is 4.57 Å². The summed E-state index contributed by atoms with van der Waals surface area (Å²) in [6.07, 6.45) is 1.70. The summed E-state index contributed by atoms with van der Waals surface area (Å²) in [5.74, 6) is 0.0349. The molecule has 0 bridgehead atoms. The van der Waals surface area contributed by atoms with Crippen LogP contribution in [0.25, 0.3) is 16.8 Å². The van der Waals surface area contributed by atoms with Crippen LogP contribution in [0.4, 0.5) is 0 Å². The van der Waals surface area contributed by atoms with Crippen molar-refractivity contribution in [1.29, 1.82) is 0 Å². The van der Waals surface area contributed by atoms with Crippen LogP contribution in [-0.2, 0) is 14.3 Å². The van der Waals surface area contributed by atoms with E-state index in [4.69, 9.17) is 18.9 Å². The molecule has 1 aliphatic heterocycles. The van der Waals surface area contributed by atoms with Crippen molar-refractivity contribution < 1.29 is 28.5 Å². The molecular weight excluding hydrogens is 624 g/mol. The maximum Gasteiger partial charge on any atom is 0.338 e. The van der Waals surface area contributed by atoms with E-state index in [1.807, 2.05) is 36.4 Å². The molecule has 1 atom stereocenters. The number of thiazole rings is 1. The normalized spacial score (nSPS) is 14.8. The van der Waals surface area contributed by atoms with Crippen molar-refractivity contribution in [2.45, 2.75) is 26.8 Å². The van der Waals surface area contributed by atoms with Crippen LogP contribution < -0.4 is 29.1 Å². The van der Waals surface area contributed by atoms with E-state index < -0.39 is 18.0 Å². The largest absolute Gasteiger partial charge is 0.496 e. The average Bonchev–Trinajstić information content (AvgIpc) is 3.26. The number of nitrogens with zero attached hydrogens (tertiary/aromatic N) is 2. The molecule has 4 aromatic rings. The van der Waals surface area contributed by atoms with E-state index in [0.717, 1.165) is 10.8 Å². The van der Waals surface area contributed by atoms with Crippen molar-refractivity contribution >= 4 is 56.1 Å². The number of carbonyl (C=O) groups is 2. The number of carbonyl (C=O) groups excluding carboxylic acids is 2. The summed E-state index contributed by atoms with van der Waals surface area (Å²) in [5, 5.41) is 1.76. The summed E-state index contributed by atoms with van der Waals surface area (Å²) in [6.45, 7) is 4.94. The number of aromatic nitrogens is 1. The van der Waals surface area contributed by atoms with Gasteiger partial charge in [0.25, 0.3) is 5.56 Å². The van der Waals surface area contributed by atoms with E-state index in [0.29, 0.717) is 42.1 Å². The highest BCUT2D eigenvalue weighted by atomic mass is 79.9. The zero-order valence-electron chi connectivity index (χ0n) is 23.5. The van der Waals surface area contributed by atoms with E-state index in [1.165, 1.54) is 29.9 Å². The van der Waals surface area contributed by atoms with Gasteiger partial charge in [0.15, 0.2) is 16.3 Å². The quantitative estimate of drug-likeness (QED) is 0.212. The van der Waals surface area contributed by atoms with Gasteiger partial charge in [-0.25, -0.2) is 9.79 Å². The fraction of sp³-hybridized carbons (Fsp3) is 0.226. The van der Waals surface area contributed by atoms with Crippen LogP contribution >= 0.6 is 27.3 Å². The Balaban J connectivity index is 1.79. The molecular formula is C31H27BrN2O7S. The second-order valence-electron chi connectivity index (χ2n) is 9.33. The lowest BCUT2D eigenvalue weighted by atomic mass is 9.90. The molecule has 0 N–H and O–H groups in total. The first-order valence-corrected chi connectivity index (χ1v) is 14.6. The molecule has 0 unspecified atom stereocenters. The number of methoxy groups -OCH3 is 2. The van der Waals surface area contributed by atoms with E-state index in [1.54, 1.807) is 39.2 Å². The van der Waals surface area contributed by atoms with Crippen molar-refractivity contribution in [3.05, 3.63) is 95.1 Å². The molecule has 5 rings (SSSR count). The average molecular weight is 652 g/mol. The second kappa shape index (κ2) is 11.9. The minimum Gasteiger partial charge on any atom is -0.496 e. The lowest BCUT2D eigenvalue weighted by Crippen LogP contribution is -2.40. The van der Waals surface area contributed by atoms with Gasteiger partial charge in [0.1, 0.15) is 11.8 Å². The Morgan fingerprint density at radius 2 is 1.83 bits per heavy atom. The van der Waals surface area contributed by atoms with Crippen LogP contribution in [0.2, 0.25) is 0 Å². The van der Waals surface area contributed by atoms with E-state index in [9.17, 15) is 14.4 Å². The summed E-state index contributed by atoms with van der Waals surface area (Å²) in [4.78, 5) is 44.3. The van der Waals surface area contributed by atoms with E-state index >= 15 is 0 Å². The maximum atomic E-state index is 14.2. The fourth-order valence-electron chi connectivity index (χ4n) is 5.02. The van der Waals surface area contributed by atoms with Gasteiger partial charge >= 0.3 is 11.9 Å². The Hall–Kier alpha value is -4.22. The molecule has 42 heavy (non-hydrogen) atoms. The summed E-state index contributed by atoms with van der Waals surface area (Å²) >= 11 is 4.63. The van der Waals surface area contributed by atoms with Gasteiger partial charge in [-0.2, -0.15) is 0 Å². The molecule has 0 aliphatic carbocycles. The van der Waals surface area contributed by atoms with Gasteiger partial charge in [0.05, 0.1) is 41.1 Å². The predicted molar refractivity (Wildman–Crippen MR) is 163 cm³/mol. The lowest BCUT2D eigenvalue weighted by Gasteiger charge is -2.27. The summed E-state index contributed by atoms with van der Waals surface area (Å²) in [5.41, 5.74) is 1.67. The highest BCUT2D eigenvalue weighted by Gasteiger charge is 2.36. The Morgan fingerprint density at radius 3 is 2.52 bits per heavy atom. The first-order chi connectivity index (χ1) is 20.2. The molecule has 0 radical (unpaired) electrons. The lowest BCUT2D eigenvalue weighted by molar-refractivity contribution is -0.139. The van der Waals surface area contributed by atoms with Gasteiger partial charge in [-0.05, 0) is 70.4 Å². The zero-order valence-corrected chi connectivity index (χ0v) is 25.9. The van der Waals surface area contributed by atoms with Crippen LogP contribution in [0.1, 0.15) is 37.9 Å². The van der Waals surface area contributed by atoms with Gasteiger partial charge in [0.2, 0.25) is 0 Å². The van der Waals surface area contributed by atoms with Gasteiger partial charge in [0, 0.05) is 12.5 Å². The Kier molecular flexibility index (Phi) is 8.33. The highest BCUT2D eigenvalue weighted by Crippen LogP contribution is 2.40. The molecule has 0 saturated heterocycles. The van der Waals surface area contributed by atoms with Crippen molar-refractivity contribution in [3.8, 4) is 17.2 Å². The first-order valence-electron chi connectivity index (χ1n) is 13.0. The predicted octanol–water partition coefficient (Wildman–Crippen LogP) is 4.66. The number of benzene rings is 3. The number of allylic oxidation sites excluding steroid dienone is 1. The number of halogens is 1. The second-order valence-corrected chi connectivity index (χ2v) is 11.2. The Bertz CT molecular complexity index is 1960. The van der Waals surface area contributed by atoms with Crippen LogP contribution in [0, 0.1) is 0 Å². The van der Waals surface area contributed by atoms with Gasteiger partial charge in [-0.15, -0.1) is 0 Å². The fourth-order valence-corrected chi connectivity index (χ4v) is 6.60. The topological polar surface area (TPSA) is 105 Å². The Morgan fingerprint density at radius 1 is 1.10 bits per heavy atom. The smallest absolute Gasteiger partial charge is 0.338 e. The SMILES string of the molecule is CCOC(=O)C1=C(C)N=c2s/c(=C\c3cc(Br)c(OC(C)=O)c(OC)c3)c(=O)n2[C@H]1c1c(OC)ccc2ccccc12. The molecule has 0 saturated carbocycles. The third kappa shape index (κ3) is 5.25. The first kappa shape index (κ1) is 29.3. The highest BCUT2D eigenvalue weighted by molar-refractivity contribution is 9.10. The number of ether oxygens (including phenoxy) is 4. The molecule has 216 valence electrons. The molecule has 0 fully saturated rings. The molecule has 3 aromatic carbocycles. The Labute approximate surface area is 253 Å². The van der Waals surface area contributed by atoms with E-state index in [2.05, 4.69) is 20.9 Å². The van der Waals surface area contributed by atoms with E-state index in [-0.39, 0.29) is 23.5 Å². The van der Waals surface area contributed by atoms with Gasteiger partial charge in [-0.3, -0.25) is 14.2 Å². The summed E-state index contributed by atoms with van der Waals surface area (Å²) in [6, 6.07) is 14.0. The van der Waals surface area contributed by atoms with Gasteiger partial charge in [-0.1, -0.05) is 41.7 Å². The standard InChI is InChI=1S/C31H27BrN2O7S/c1-6-40-30(37)25-16(2)33-31-34(27(25)26-20-10-8-7-9-19(20)11-12-22(26)38-4)29(36)24(42-31)15-18-13-21(32)28(41-17(3)35)23(14-18)39-5/h7-15,27H,6H2,1-5H3/b24-15-/t27-/m1/s1. The molecule has 2 heterocycles. The minimum atomic E-state index is -0.851. The molecule has 1 aromatic heterocycles. The van der Waals surface area contributed by atoms with Crippen molar-refractivity contribution in [3.63, 3.8) is 0 Å². The van der Waals surface area contributed by atoms with Crippen LogP contribution in [0.15, 0.2) is 74.1 Å². The van der Waals surface area contributed by atoms with Crippen LogP contribution in [0.5, 0.6) is 17.2 Å². The minimum absolute atomic E-state index is 0.166. The number of hydrogen-bond donors (Lipinski definition) is 0. The molecule has 9 nitrogen and oxygen atoms in total. The van der Waals surface area contributed by atoms with Gasteiger partial charge < -0.3 is 18.9 Å². The third-order valence-corrected chi connectivity index (χ3v) is 8.31. The van der Waals surface area contributed by atoms with Crippen molar-refractivity contribution in [2.24, 2.45) is 4.99 Å². The molecule has 0 amide bonds. The number of fused-ring (bicyclic) bond motifs is 2. The monoisotopic (exact) mass is 650 g/mol. The van der Waals surface area contributed by atoms with Crippen LogP contribution in [0.3, 0.4) is 0 Å².